The van der Waals surface area contributed by atoms with Crippen LogP contribution in [-0.2, 0) is 29.2 Å². The number of nitrogens with zero attached hydrogens (tertiary/aromatic N) is 3. The van der Waals surface area contributed by atoms with E-state index in [-0.39, 0.29) is 6.61 Å². The van der Waals surface area contributed by atoms with E-state index in [2.05, 4.69) is 44.8 Å². The normalized spacial score (nSPS) is 15.5. The van der Waals surface area contributed by atoms with Crippen molar-refractivity contribution in [2.45, 2.75) is 25.8 Å². The van der Waals surface area contributed by atoms with E-state index in [0.717, 1.165) is 64.0 Å². The number of benzene rings is 1. The molecule has 0 saturated carbocycles. The van der Waals surface area contributed by atoms with Gasteiger partial charge >= 0.3 is 0 Å². The zero-order valence-electron chi connectivity index (χ0n) is 20.6. The summed E-state index contributed by atoms with van der Waals surface area (Å²) in [4.78, 5) is 4.74. The average molecular weight is 484 g/mol. The lowest BCUT2D eigenvalue weighted by Crippen LogP contribution is -2.43. The Morgan fingerprint density at radius 1 is 1.11 bits per heavy atom. The van der Waals surface area contributed by atoms with Crippen LogP contribution >= 0.6 is 0 Å². The molecule has 8 nitrogen and oxygen atoms in total. The topological polar surface area (TPSA) is 72.5 Å². The molecule has 3 aromatic rings. The highest BCUT2D eigenvalue weighted by atomic mass is 16.5. The summed E-state index contributed by atoms with van der Waals surface area (Å²) < 4.78 is 24.1. The summed E-state index contributed by atoms with van der Waals surface area (Å²) in [6, 6.07) is 16.1. The summed E-state index contributed by atoms with van der Waals surface area (Å²) in [5.74, 6) is 1.62. The van der Waals surface area contributed by atoms with E-state index in [4.69, 9.17) is 18.6 Å². The van der Waals surface area contributed by atoms with Crippen LogP contribution in [0.3, 0.4) is 0 Å². The smallest absolute Gasteiger partial charge is 0.129 e. The molecule has 1 aliphatic heterocycles. The molecule has 0 spiro atoms. The van der Waals surface area contributed by atoms with E-state index in [1.54, 1.807) is 13.4 Å². The fourth-order valence-electron chi connectivity index (χ4n) is 4.33. The van der Waals surface area contributed by atoms with Crippen LogP contribution in [0.5, 0.6) is 5.75 Å². The standard InChI is InChI=1S/C27H37N3O5/c1-32-26-7-2-5-23(17-26)18-30-9-3-6-24(30)19-29(11-10-28-12-15-33-16-13-28)20-25(31)21-34-22-27-8-4-14-35-27/h2-9,14,17,25,31H,10-13,15-16,18-22H2,1H3. The number of morpholine rings is 1. The first kappa shape index (κ1) is 25.5. The Morgan fingerprint density at radius 2 is 2.00 bits per heavy atom. The lowest BCUT2D eigenvalue weighted by Gasteiger charge is -2.31. The second-order valence-corrected chi connectivity index (χ2v) is 8.92. The summed E-state index contributed by atoms with van der Waals surface area (Å²) >= 11 is 0. The maximum absolute atomic E-state index is 10.7. The monoisotopic (exact) mass is 483 g/mol. The molecular weight excluding hydrogens is 446 g/mol. The van der Waals surface area contributed by atoms with Crippen molar-refractivity contribution in [2.75, 3.05) is 59.7 Å². The van der Waals surface area contributed by atoms with E-state index in [1.165, 1.54) is 11.3 Å². The number of methoxy groups -OCH3 is 1. The van der Waals surface area contributed by atoms with E-state index < -0.39 is 6.10 Å². The fourth-order valence-corrected chi connectivity index (χ4v) is 4.33. The average Bonchev–Trinajstić information content (AvgIpc) is 3.56. The van der Waals surface area contributed by atoms with Crippen LogP contribution < -0.4 is 4.74 Å². The highest BCUT2D eigenvalue weighted by Crippen LogP contribution is 2.16. The van der Waals surface area contributed by atoms with Gasteiger partial charge in [-0.3, -0.25) is 9.80 Å². The third-order valence-electron chi connectivity index (χ3n) is 6.24. The minimum atomic E-state index is -0.587. The molecule has 190 valence electrons. The van der Waals surface area contributed by atoms with Crippen molar-refractivity contribution in [3.63, 3.8) is 0 Å². The minimum absolute atomic E-state index is 0.263. The predicted octanol–water partition coefficient (Wildman–Crippen LogP) is 2.85. The molecule has 1 aromatic carbocycles. The molecule has 0 aliphatic carbocycles. The summed E-state index contributed by atoms with van der Waals surface area (Å²) in [7, 11) is 1.69. The molecule has 1 unspecified atom stereocenters. The van der Waals surface area contributed by atoms with Gasteiger partial charge < -0.3 is 28.3 Å². The summed E-state index contributed by atoms with van der Waals surface area (Å²) in [5, 5.41) is 10.7. The van der Waals surface area contributed by atoms with Gasteiger partial charge in [0, 0.05) is 57.7 Å². The van der Waals surface area contributed by atoms with Crippen molar-refractivity contribution >= 4 is 0 Å². The molecule has 35 heavy (non-hydrogen) atoms. The van der Waals surface area contributed by atoms with Crippen LogP contribution in [-0.4, -0.2) is 85.2 Å². The first-order valence-corrected chi connectivity index (χ1v) is 12.3. The van der Waals surface area contributed by atoms with Crippen molar-refractivity contribution in [1.82, 2.24) is 14.4 Å². The minimum Gasteiger partial charge on any atom is -0.497 e. The third kappa shape index (κ3) is 8.23. The number of hydrogen-bond donors (Lipinski definition) is 1. The Morgan fingerprint density at radius 3 is 2.80 bits per heavy atom. The third-order valence-corrected chi connectivity index (χ3v) is 6.24. The van der Waals surface area contributed by atoms with Gasteiger partial charge in [0.15, 0.2) is 0 Å². The van der Waals surface area contributed by atoms with Crippen LogP contribution in [0, 0.1) is 0 Å². The van der Waals surface area contributed by atoms with Gasteiger partial charge in [-0.15, -0.1) is 0 Å². The molecule has 0 amide bonds. The number of ether oxygens (including phenoxy) is 3. The van der Waals surface area contributed by atoms with Crippen molar-refractivity contribution in [2.24, 2.45) is 0 Å². The second-order valence-electron chi connectivity index (χ2n) is 8.92. The first-order valence-electron chi connectivity index (χ1n) is 12.3. The SMILES string of the molecule is COc1cccc(Cn2cccc2CN(CCN2CCOCC2)CC(O)COCc2ccco2)c1. The molecule has 8 heteroatoms. The van der Waals surface area contributed by atoms with Gasteiger partial charge in [0.2, 0.25) is 0 Å². The van der Waals surface area contributed by atoms with Gasteiger partial charge in [-0.1, -0.05) is 12.1 Å². The zero-order valence-corrected chi connectivity index (χ0v) is 20.6. The fraction of sp³-hybridized carbons (Fsp3) is 0.481. The molecule has 1 saturated heterocycles. The molecule has 4 rings (SSSR count). The van der Waals surface area contributed by atoms with E-state index in [0.29, 0.717) is 13.2 Å². The van der Waals surface area contributed by atoms with Gasteiger partial charge in [0.05, 0.1) is 39.3 Å². The lowest BCUT2D eigenvalue weighted by molar-refractivity contribution is -0.00185. The van der Waals surface area contributed by atoms with Crippen LogP contribution in [0.1, 0.15) is 17.0 Å². The maximum Gasteiger partial charge on any atom is 0.129 e. The summed E-state index contributed by atoms with van der Waals surface area (Å²) in [5.41, 5.74) is 2.39. The molecule has 3 heterocycles. The number of furan rings is 1. The van der Waals surface area contributed by atoms with Crippen LogP contribution in [0.15, 0.2) is 65.4 Å². The van der Waals surface area contributed by atoms with Gasteiger partial charge in [-0.05, 0) is 42.0 Å². The van der Waals surface area contributed by atoms with Crippen molar-refractivity contribution in [3.8, 4) is 5.75 Å². The molecule has 1 aliphatic rings. The second kappa shape index (κ2) is 13.5. The highest BCUT2D eigenvalue weighted by Gasteiger charge is 2.17. The Kier molecular flexibility index (Phi) is 9.80. The van der Waals surface area contributed by atoms with Crippen LogP contribution in [0.4, 0.5) is 0 Å². The number of hydrogen-bond acceptors (Lipinski definition) is 7. The number of aliphatic hydroxyl groups is 1. The Labute approximate surface area is 207 Å². The number of rotatable bonds is 14. The molecule has 1 fully saturated rings. The molecule has 0 radical (unpaired) electrons. The molecule has 1 N–H and O–H groups in total. The Balaban J connectivity index is 1.36. The van der Waals surface area contributed by atoms with Crippen molar-refractivity contribution < 1.29 is 23.7 Å². The quantitative estimate of drug-likeness (QED) is 0.378. The molecular formula is C27H37N3O5. The Hall–Kier alpha value is -2.62. The lowest BCUT2D eigenvalue weighted by atomic mass is 10.2. The summed E-state index contributed by atoms with van der Waals surface area (Å²) in [6.07, 6.45) is 3.15. The maximum atomic E-state index is 10.7. The van der Waals surface area contributed by atoms with E-state index in [1.807, 2.05) is 24.3 Å². The molecule has 0 bridgehead atoms. The molecule has 1 atom stereocenters. The van der Waals surface area contributed by atoms with Gasteiger partial charge in [-0.25, -0.2) is 0 Å². The van der Waals surface area contributed by atoms with Gasteiger partial charge in [0.25, 0.3) is 0 Å². The number of aromatic nitrogens is 1. The van der Waals surface area contributed by atoms with E-state index in [9.17, 15) is 5.11 Å². The highest BCUT2D eigenvalue weighted by molar-refractivity contribution is 5.29. The van der Waals surface area contributed by atoms with E-state index >= 15 is 0 Å². The van der Waals surface area contributed by atoms with Crippen LogP contribution in [0.2, 0.25) is 0 Å². The number of aliphatic hydroxyl groups excluding tert-OH is 1. The van der Waals surface area contributed by atoms with Gasteiger partial charge in [-0.2, -0.15) is 0 Å². The Bertz CT molecular complexity index is 984. The first-order chi connectivity index (χ1) is 17.2. The largest absolute Gasteiger partial charge is 0.497 e. The van der Waals surface area contributed by atoms with Crippen LogP contribution in [0.25, 0.3) is 0 Å². The predicted molar refractivity (Wildman–Crippen MR) is 133 cm³/mol. The summed E-state index contributed by atoms with van der Waals surface area (Å²) in [6.45, 7) is 7.96. The molecule has 2 aromatic heterocycles. The van der Waals surface area contributed by atoms with Crippen molar-refractivity contribution in [3.05, 3.63) is 78.0 Å². The van der Waals surface area contributed by atoms with Crippen molar-refractivity contribution in [1.29, 1.82) is 0 Å². The van der Waals surface area contributed by atoms with Gasteiger partial charge in [0.1, 0.15) is 18.1 Å². The zero-order chi connectivity index (χ0) is 24.3.